The van der Waals surface area contributed by atoms with E-state index < -0.39 is 0 Å². The molecule has 0 unspecified atom stereocenters. The molecule has 2 aromatic rings. The Hall–Kier alpha value is -2.09. The van der Waals surface area contributed by atoms with E-state index in [4.69, 9.17) is 0 Å². The Morgan fingerprint density at radius 1 is 1.11 bits per heavy atom. The lowest BCUT2D eigenvalue weighted by molar-refractivity contribution is 1.18. The standard InChI is InChI=1S/C16H18N2/c1-11-9-13(3)17-16(10-11)18-14(4)15-8-6-5-7-12(15)2/h5-10H,4H2,1-3H3,(H,17,18). The van der Waals surface area contributed by atoms with E-state index in [2.05, 4.69) is 48.9 Å². The van der Waals surface area contributed by atoms with Crippen LogP contribution in [0.1, 0.15) is 22.4 Å². The summed E-state index contributed by atoms with van der Waals surface area (Å²) in [5.74, 6) is 0.848. The molecule has 1 N–H and O–H groups in total. The van der Waals surface area contributed by atoms with Gasteiger partial charge in [0, 0.05) is 17.0 Å². The first kappa shape index (κ1) is 12.4. The summed E-state index contributed by atoms with van der Waals surface area (Å²) < 4.78 is 0. The minimum absolute atomic E-state index is 0.848. The van der Waals surface area contributed by atoms with Gasteiger partial charge < -0.3 is 5.32 Å². The lowest BCUT2D eigenvalue weighted by Gasteiger charge is -2.12. The molecule has 0 amide bonds. The molecule has 2 nitrogen and oxygen atoms in total. The zero-order valence-corrected chi connectivity index (χ0v) is 11.1. The first-order valence-corrected chi connectivity index (χ1v) is 6.03. The van der Waals surface area contributed by atoms with Crippen LogP contribution in [0.5, 0.6) is 0 Å². The fourth-order valence-electron chi connectivity index (χ4n) is 2.04. The van der Waals surface area contributed by atoms with Crippen LogP contribution in [0.4, 0.5) is 5.82 Å². The minimum atomic E-state index is 0.848. The van der Waals surface area contributed by atoms with Crippen LogP contribution in [0.15, 0.2) is 43.0 Å². The van der Waals surface area contributed by atoms with Crippen molar-refractivity contribution in [3.8, 4) is 0 Å². The summed E-state index contributed by atoms with van der Waals surface area (Å²) in [6.07, 6.45) is 0. The highest BCUT2D eigenvalue weighted by molar-refractivity contribution is 5.75. The van der Waals surface area contributed by atoms with Crippen molar-refractivity contribution in [1.82, 2.24) is 4.98 Å². The van der Waals surface area contributed by atoms with Gasteiger partial charge in [0.25, 0.3) is 0 Å². The molecule has 2 heteroatoms. The van der Waals surface area contributed by atoms with Crippen molar-refractivity contribution in [2.24, 2.45) is 0 Å². The molecule has 0 aliphatic heterocycles. The van der Waals surface area contributed by atoms with Crippen LogP contribution in [-0.4, -0.2) is 4.98 Å². The van der Waals surface area contributed by atoms with Crippen LogP contribution in [-0.2, 0) is 0 Å². The second kappa shape index (κ2) is 5.05. The molecule has 0 spiro atoms. The smallest absolute Gasteiger partial charge is 0.130 e. The van der Waals surface area contributed by atoms with E-state index in [9.17, 15) is 0 Å². The van der Waals surface area contributed by atoms with Crippen LogP contribution in [0.3, 0.4) is 0 Å². The maximum Gasteiger partial charge on any atom is 0.130 e. The van der Waals surface area contributed by atoms with Gasteiger partial charge in [-0.25, -0.2) is 4.98 Å². The third kappa shape index (κ3) is 2.77. The molecule has 0 aliphatic carbocycles. The molecular formula is C16H18N2. The lowest BCUT2D eigenvalue weighted by atomic mass is 10.1. The Balaban J connectivity index is 2.24. The predicted octanol–water partition coefficient (Wildman–Crippen LogP) is 4.09. The molecule has 2 rings (SSSR count). The zero-order chi connectivity index (χ0) is 13.1. The van der Waals surface area contributed by atoms with Crippen molar-refractivity contribution in [3.63, 3.8) is 0 Å². The van der Waals surface area contributed by atoms with Gasteiger partial charge in [-0.1, -0.05) is 30.8 Å². The molecule has 0 bridgehead atoms. The number of hydrogen-bond acceptors (Lipinski definition) is 2. The first-order valence-electron chi connectivity index (χ1n) is 6.03. The number of hydrogen-bond donors (Lipinski definition) is 1. The van der Waals surface area contributed by atoms with E-state index in [1.165, 1.54) is 11.1 Å². The molecule has 1 aromatic heterocycles. The van der Waals surface area contributed by atoms with Gasteiger partial charge in [0.15, 0.2) is 0 Å². The number of rotatable bonds is 3. The Morgan fingerprint density at radius 3 is 2.50 bits per heavy atom. The van der Waals surface area contributed by atoms with Crippen LogP contribution in [0.25, 0.3) is 5.70 Å². The number of benzene rings is 1. The lowest BCUT2D eigenvalue weighted by Crippen LogP contribution is -2.02. The summed E-state index contributed by atoms with van der Waals surface area (Å²) in [6.45, 7) is 10.2. The molecule has 92 valence electrons. The number of aryl methyl sites for hydroxylation is 3. The van der Waals surface area contributed by atoms with Crippen molar-refractivity contribution in [2.75, 3.05) is 5.32 Å². The number of nitrogens with zero attached hydrogens (tertiary/aromatic N) is 1. The summed E-state index contributed by atoms with van der Waals surface area (Å²) >= 11 is 0. The van der Waals surface area contributed by atoms with Crippen LogP contribution >= 0.6 is 0 Å². The molecule has 1 aromatic carbocycles. The molecule has 18 heavy (non-hydrogen) atoms. The van der Waals surface area contributed by atoms with Gasteiger partial charge in [0.05, 0.1) is 0 Å². The van der Waals surface area contributed by atoms with Crippen molar-refractivity contribution < 1.29 is 0 Å². The molecule has 0 aliphatic rings. The van der Waals surface area contributed by atoms with Crippen molar-refractivity contribution in [3.05, 3.63) is 65.4 Å². The fourth-order valence-corrected chi connectivity index (χ4v) is 2.04. The number of aromatic nitrogens is 1. The summed E-state index contributed by atoms with van der Waals surface area (Å²) in [4.78, 5) is 4.46. The van der Waals surface area contributed by atoms with Crippen LogP contribution < -0.4 is 5.32 Å². The van der Waals surface area contributed by atoms with Crippen molar-refractivity contribution >= 4 is 11.5 Å². The molecule has 0 saturated carbocycles. The molecule has 0 atom stereocenters. The SMILES string of the molecule is C=C(Nc1cc(C)cc(C)n1)c1ccccc1C. The Labute approximate surface area is 108 Å². The highest BCUT2D eigenvalue weighted by Gasteiger charge is 2.04. The third-order valence-corrected chi connectivity index (χ3v) is 2.85. The van der Waals surface area contributed by atoms with E-state index in [0.29, 0.717) is 0 Å². The second-order valence-corrected chi connectivity index (χ2v) is 4.59. The average Bonchev–Trinajstić information content (AvgIpc) is 2.27. The van der Waals surface area contributed by atoms with Gasteiger partial charge in [-0.2, -0.15) is 0 Å². The highest BCUT2D eigenvalue weighted by Crippen LogP contribution is 2.19. The van der Waals surface area contributed by atoms with E-state index in [1.54, 1.807) is 0 Å². The quantitative estimate of drug-likeness (QED) is 0.871. The van der Waals surface area contributed by atoms with Gasteiger partial charge >= 0.3 is 0 Å². The Bertz CT molecular complexity index is 565. The third-order valence-electron chi connectivity index (χ3n) is 2.85. The summed E-state index contributed by atoms with van der Waals surface area (Å²) in [5.41, 5.74) is 5.42. The van der Waals surface area contributed by atoms with Crippen molar-refractivity contribution in [1.29, 1.82) is 0 Å². The monoisotopic (exact) mass is 238 g/mol. The van der Waals surface area contributed by atoms with Crippen LogP contribution in [0.2, 0.25) is 0 Å². The predicted molar refractivity (Wildman–Crippen MR) is 77.5 cm³/mol. The maximum absolute atomic E-state index is 4.46. The average molecular weight is 238 g/mol. The van der Waals surface area contributed by atoms with Gasteiger partial charge in [-0.15, -0.1) is 0 Å². The van der Waals surface area contributed by atoms with Gasteiger partial charge in [-0.05, 0) is 44.0 Å². The summed E-state index contributed by atoms with van der Waals surface area (Å²) in [5, 5.41) is 3.28. The Kier molecular flexibility index (Phi) is 3.47. The minimum Gasteiger partial charge on any atom is -0.340 e. The number of anilines is 1. The Morgan fingerprint density at radius 2 is 1.83 bits per heavy atom. The molecule has 1 heterocycles. The fraction of sp³-hybridized carbons (Fsp3) is 0.188. The van der Waals surface area contributed by atoms with Gasteiger partial charge in [-0.3, -0.25) is 0 Å². The van der Waals surface area contributed by atoms with E-state index >= 15 is 0 Å². The molecular weight excluding hydrogens is 220 g/mol. The van der Waals surface area contributed by atoms with E-state index in [-0.39, 0.29) is 0 Å². The normalized spacial score (nSPS) is 10.2. The van der Waals surface area contributed by atoms with E-state index in [0.717, 1.165) is 22.8 Å². The zero-order valence-electron chi connectivity index (χ0n) is 11.1. The van der Waals surface area contributed by atoms with Crippen molar-refractivity contribution in [2.45, 2.75) is 20.8 Å². The first-order chi connectivity index (χ1) is 8.56. The molecule has 0 fully saturated rings. The largest absolute Gasteiger partial charge is 0.340 e. The summed E-state index contributed by atoms with van der Waals surface area (Å²) in [6, 6.07) is 12.3. The highest BCUT2D eigenvalue weighted by atomic mass is 15.0. The van der Waals surface area contributed by atoms with E-state index in [1.807, 2.05) is 25.1 Å². The number of pyridine rings is 1. The molecule has 0 saturated heterocycles. The summed E-state index contributed by atoms with van der Waals surface area (Å²) in [7, 11) is 0. The topological polar surface area (TPSA) is 24.9 Å². The molecule has 0 radical (unpaired) electrons. The number of nitrogens with one attached hydrogen (secondary N) is 1. The second-order valence-electron chi connectivity index (χ2n) is 4.59. The van der Waals surface area contributed by atoms with Gasteiger partial charge in [0.2, 0.25) is 0 Å². The van der Waals surface area contributed by atoms with Crippen LogP contribution in [0, 0.1) is 20.8 Å². The maximum atomic E-state index is 4.46. The van der Waals surface area contributed by atoms with Gasteiger partial charge in [0.1, 0.15) is 5.82 Å².